The van der Waals surface area contributed by atoms with Crippen molar-refractivity contribution < 1.29 is 9.53 Å². The number of hydrogen-bond donors (Lipinski definition) is 0. The van der Waals surface area contributed by atoms with Gasteiger partial charge < -0.3 is 4.74 Å². The molecule has 0 radical (unpaired) electrons. The Kier molecular flexibility index (Phi) is 3.69. The first kappa shape index (κ1) is 13.3. The minimum Gasteiger partial charge on any atom is -0.438 e. The van der Waals surface area contributed by atoms with E-state index < -0.39 is 0 Å². The summed E-state index contributed by atoms with van der Waals surface area (Å²) in [5.74, 6) is 1.61. The Morgan fingerprint density at radius 3 is 2.63 bits per heavy atom. The molecule has 1 aromatic heterocycles. The maximum Gasteiger partial charge on any atom is 0.228 e. The Labute approximate surface area is 113 Å². The van der Waals surface area contributed by atoms with E-state index in [-0.39, 0.29) is 0 Å². The molecule has 0 amide bonds. The zero-order chi connectivity index (χ0) is 14.0. The molecule has 0 unspecified atom stereocenters. The van der Waals surface area contributed by atoms with Gasteiger partial charge in [0, 0.05) is 7.05 Å². The maximum absolute atomic E-state index is 11.1. The molecular formula is C15H18N2O2. The molecule has 0 aliphatic heterocycles. The molecule has 100 valence electrons. The average molecular weight is 258 g/mol. The third kappa shape index (κ3) is 2.52. The number of hydrogen-bond acceptors (Lipinski definition) is 3. The molecule has 0 saturated heterocycles. The Hall–Kier alpha value is -2.10. The number of carbonyl (C=O) groups is 1. The van der Waals surface area contributed by atoms with Crippen LogP contribution in [0.5, 0.6) is 11.6 Å². The van der Waals surface area contributed by atoms with E-state index in [1.54, 1.807) is 18.7 Å². The molecule has 0 fully saturated rings. The first-order valence-corrected chi connectivity index (χ1v) is 6.30. The van der Waals surface area contributed by atoms with Gasteiger partial charge in [0.15, 0.2) is 6.29 Å². The lowest BCUT2D eigenvalue weighted by Crippen LogP contribution is -1.99. The van der Waals surface area contributed by atoms with Crippen LogP contribution < -0.4 is 4.74 Å². The second-order valence-electron chi connectivity index (χ2n) is 4.84. The lowest BCUT2D eigenvalue weighted by atomic mass is 10.0. The second kappa shape index (κ2) is 5.26. The van der Waals surface area contributed by atoms with Gasteiger partial charge in [-0.3, -0.25) is 4.79 Å². The van der Waals surface area contributed by atoms with Gasteiger partial charge in [-0.15, -0.1) is 0 Å². The fourth-order valence-electron chi connectivity index (χ4n) is 2.06. The Balaban J connectivity index is 2.45. The van der Waals surface area contributed by atoms with Gasteiger partial charge in [-0.05, 0) is 24.5 Å². The summed E-state index contributed by atoms with van der Waals surface area (Å²) in [6.07, 6.45) is 0.787. The monoisotopic (exact) mass is 258 g/mol. The molecule has 2 aromatic rings. The normalized spacial score (nSPS) is 10.8. The van der Waals surface area contributed by atoms with Crippen molar-refractivity contribution in [2.24, 2.45) is 7.05 Å². The van der Waals surface area contributed by atoms with Crippen LogP contribution >= 0.6 is 0 Å². The standard InChI is InChI=1S/C15H18N2O2/c1-10(2)12-7-5-6-8-14(12)19-15-13(9-18)11(3)16-17(15)4/h5-10H,1-4H3. The van der Waals surface area contributed by atoms with E-state index in [2.05, 4.69) is 18.9 Å². The third-order valence-corrected chi connectivity index (χ3v) is 3.08. The number of ether oxygens (including phenoxy) is 1. The summed E-state index contributed by atoms with van der Waals surface area (Å²) in [4.78, 5) is 11.1. The molecule has 0 aliphatic carbocycles. The molecule has 19 heavy (non-hydrogen) atoms. The Morgan fingerprint density at radius 2 is 2.00 bits per heavy atom. The number of benzene rings is 1. The lowest BCUT2D eigenvalue weighted by Gasteiger charge is -2.13. The molecule has 0 spiro atoms. The summed E-state index contributed by atoms with van der Waals surface area (Å²) in [6, 6.07) is 7.85. The number of aromatic nitrogens is 2. The second-order valence-corrected chi connectivity index (χ2v) is 4.84. The van der Waals surface area contributed by atoms with Crippen molar-refractivity contribution in [3.8, 4) is 11.6 Å². The van der Waals surface area contributed by atoms with Crippen LogP contribution in [0.2, 0.25) is 0 Å². The van der Waals surface area contributed by atoms with Gasteiger partial charge in [-0.25, -0.2) is 4.68 Å². The van der Waals surface area contributed by atoms with E-state index in [9.17, 15) is 4.79 Å². The van der Waals surface area contributed by atoms with Crippen molar-refractivity contribution in [3.05, 3.63) is 41.1 Å². The number of nitrogens with zero attached hydrogens (tertiary/aromatic N) is 2. The first-order chi connectivity index (χ1) is 9.04. The number of aryl methyl sites for hydroxylation is 2. The van der Waals surface area contributed by atoms with Gasteiger partial charge in [0.1, 0.15) is 5.75 Å². The van der Waals surface area contributed by atoms with Gasteiger partial charge >= 0.3 is 0 Å². The Morgan fingerprint density at radius 1 is 1.32 bits per heavy atom. The zero-order valence-electron chi connectivity index (χ0n) is 11.7. The molecule has 2 rings (SSSR count). The fourth-order valence-corrected chi connectivity index (χ4v) is 2.06. The van der Waals surface area contributed by atoms with Crippen LogP contribution in [0.3, 0.4) is 0 Å². The van der Waals surface area contributed by atoms with Crippen LogP contribution in [0, 0.1) is 6.92 Å². The largest absolute Gasteiger partial charge is 0.438 e. The van der Waals surface area contributed by atoms with Crippen molar-refractivity contribution in [1.82, 2.24) is 9.78 Å². The number of aldehydes is 1. The van der Waals surface area contributed by atoms with Gasteiger partial charge in [-0.2, -0.15) is 5.10 Å². The van der Waals surface area contributed by atoms with E-state index in [0.717, 1.165) is 17.6 Å². The highest BCUT2D eigenvalue weighted by Gasteiger charge is 2.16. The molecule has 0 saturated carbocycles. The topological polar surface area (TPSA) is 44.1 Å². The molecular weight excluding hydrogens is 240 g/mol. The SMILES string of the molecule is Cc1nn(C)c(Oc2ccccc2C(C)C)c1C=O. The number of para-hydroxylation sites is 1. The van der Waals surface area contributed by atoms with E-state index in [4.69, 9.17) is 4.74 Å². The molecule has 0 N–H and O–H groups in total. The molecule has 0 bridgehead atoms. The van der Waals surface area contributed by atoms with Gasteiger partial charge in [0.2, 0.25) is 5.88 Å². The summed E-state index contributed by atoms with van der Waals surface area (Å²) < 4.78 is 7.51. The van der Waals surface area contributed by atoms with Gasteiger partial charge in [-0.1, -0.05) is 32.0 Å². The predicted octanol–water partition coefficient (Wildman–Crippen LogP) is 3.46. The van der Waals surface area contributed by atoms with Crippen molar-refractivity contribution in [1.29, 1.82) is 0 Å². The van der Waals surface area contributed by atoms with Crippen LogP contribution in [-0.2, 0) is 7.05 Å². The van der Waals surface area contributed by atoms with Crippen molar-refractivity contribution in [2.45, 2.75) is 26.7 Å². The van der Waals surface area contributed by atoms with Crippen molar-refractivity contribution >= 4 is 6.29 Å². The summed E-state index contributed by atoms with van der Waals surface area (Å²) in [5.41, 5.74) is 2.29. The molecule has 4 nitrogen and oxygen atoms in total. The number of rotatable bonds is 4. The summed E-state index contributed by atoms with van der Waals surface area (Å²) in [7, 11) is 1.77. The summed E-state index contributed by atoms with van der Waals surface area (Å²) >= 11 is 0. The predicted molar refractivity (Wildman–Crippen MR) is 73.9 cm³/mol. The van der Waals surface area contributed by atoms with Crippen LogP contribution in [0.25, 0.3) is 0 Å². The zero-order valence-corrected chi connectivity index (χ0v) is 11.7. The quantitative estimate of drug-likeness (QED) is 0.789. The van der Waals surface area contributed by atoms with Crippen molar-refractivity contribution in [2.75, 3.05) is 0 Å². The van der Waals surface area contributed by atoms with Crippen molar-refractivity contribution in [3.63, 3.8) is 0 Å². The minimum absolute atomic E-state index is 0.352. The van der Waals surface area contributed by atoms with Crippen LogP contribution in [0.1, 0.15) is 41.4 Å². The summed E-state index contributed by atoms with van der Waals surface area (Å²) in [5, 5.41) is 4.21. The molecule has 1 aromatic carbocycles. The van der Waals surface area contributed by atoms with E-state index >= 15 is 0 Å². The fraction of sp³-hybridized carbons (Fsp3) is 0.333. The lowest BCUT2D eigenvalue weighted by molar-refractivity contribution is 0.112. The smallest absolute Gasteiger partial charge is 0.228 e. The van der Waals surface area contributed by atoms with Gasteiger partial charge in [0.05, 0.1) is 11.3 Å². The van der Waals surface area contributed by atoms with Crippen LogP contribution in [-0.4, -0.2) is 16.1 Å². The van der Waals surface area contributed by atoms with E-state index in [1.807, 2.05) is 24.3 Å². The first-order valence-electron chi connectivity index (χ1n) is 6.30. The molecule has 4 heteroatoms. The molecule has 1 heterocycles. The molecule has 0 aliphatic rings. The minimum atomic E-state index is 0.352. The van der Waals surface area contributed by atoms with Gasteiger partial charge in [0.25, 0.3) is 0 Å². The maximum atomic E-state index is 11.1. The van der Waals surface area contributed by atoms with Crippen LogP contribution in [0.15, 0.2) is 24.3 Å². The molecule has 0 atom stereocenters. The Bertz CT molecular complexity index is 600. The highest BCUT2D eigenvalue weighted by atomic mass is 16.5. The average Bonchev–Trinajstić information content (AvgIpc) is 2.64. The highest BCUT2D eigenvalue weighted by Crippen LogP contribution is 2.32. The number of carbonyl (C=O) groups excluding carboxylic acids is 1. The van der Waals surface area contributed by atoms with E-state index in [1.165, 1.54) is 0 Å². The van der Waals surface area contributed by atoms with E-state index in [0.29, 0.717) is 23.1 Å². The van der Waals surface area contributed by atoms with Crippen LogP contribution in [0.4, 0.5) is 0 Å². The summed E-state index contributed by atoms with van der Waals surface area (Å²) in [6.45, 7) is 6.01. The third-order valence-electron chi connectivity index (χ3n) is 3.08. The highest BCUT2D eigenvalue weighted by molar-refractivity contribution is 5.80.